The highest BCUT2D eigenvalue weighted by Gasteiger charge is 2.24. The molecule has 2 aromatic rings. The topological polar surface area (TPSA) is 41.9 Å². The van der Waals surface area contributed by atoms with Gasteiger partial charge in [0.2, 0.25) is 0 Å². The van der Waals surface area contributed by atoms with Crippen molar-refractivity contribution in [2.75, 3.05) is 32.8 Å². The molecular formula is C20H24ClF2NO3. The lowest BCUT2D eigenvalue weighted by Crippen LogP contribution is -2.43. The van der Waals surface area contributed by atoms with Gasteiger partial charge in [0.15, 0.2) is 11.6 Å². The van der Waals surface area contributed by atoms with Crippen LogP contribution in [0.15, 0.2) is 42.5 Å². The second-order valence-corrected chi connectivity index (χ2v) is 6.57. The Bertz CT molecular complexity index is 747. The van der Waals surface area contributed by atoms with Crippen LogP contribution in [0, 0.1) is 18.6 Å². The standard InChI is InChI=1S/C20H23F2NO3.ClH/c1-14-3-2-4-17(9-14)26-13-16(24)11-23-7-8-25-20(12-23)15-5-6-18(21)19(22)10-15;/h2-6,9-10,16,20,24H,7-8,11-13H2,1H3;1H. The number of aliphatic hydroxyl groups is 1. The molecule has 7 heteroatoms. The first-order chi connectivity index (χ1) is 12.5. The van der Waals surface area contributed by atoms with Crippen molar-refractivity contribution < 1.29 is 23.4 Å². The summed E-state index contributed by atoms with van der Waals surface area (Å²) in [4.78, 5) is 2.04. The minimum Gasteiger partial charge on any atom is -0.491 e. The van der Waals surface area contributed by atoms with Gasteiger partial charge in [-0.15, -0.1) is 12.4 Å². The van der Waals surface area contributed by atoms with E-state index in [2.05, 4.69) is 0 Å². The van der Waals surface area contributed by atoms with Gasteiger partial charge in [-0.2, -0.15) is 0 Å². The van der Waals surface area contributed by atoms with Crippen molar-refractivity contribution in [3.05, 3.63) is 65.2 Å². The first-order valence-electron chi connectivity index (χ1n) is 8.67. The number of nitrogens with zero attached hydrogens (tertiary/aromatic N) is 1. The van der Waals surface area contributed by atoms with E-state index in [9.17, 15) is 13.9 Å². The number of aryl methyl sites for hydroxylation is 1. The Hall–Kier alpha value is -1.73. The Labute approximate surface area is 164 Å². The molecule has 0 spiro atoms. The van der Waals surface area contributed by atoms with Crippen molar-refractivity contribution in [2.24, 2.45) is 0 Å². The smallest absolute Gasteiger partial charge is 0.159 e. The molecule has 27 heavy (non-hydrogen) atoms. The fourth-order valence-electron chi connectivity index (χ4n) is 3.03. The van der Waals surface area contributed by atoms with Crippen molar-refractivity contribution in [1.29, 1.82) is 0 Å². The maximum Gasteiger partial charge on any atom is 0.159 e. The fourth-order valence-corrected chi connectivity index (χ4v) is 3.03. The van der Waals surface area contributed by atoms with Gasteiger partial charge in [-0.3, -0.25) is 4.90 Å². The average molecular weight is 400 g/mol. The fraction of sp³-hybridized carbons (Fsp3) is 0.400. The molecule has 3 rings (SSSR count). The molecular weight excluding hydrogens is 376 g/mol. The Morgan fingerprint density at radius 3 is 2.78 bits per heavy atom. The average Bonchev–Trinajstić information content (AvgIpc) is 2.63. The van der Waals surface area contributed by atoms with Crippen LogP contribution < -0.4 is 4.74 Å². The zero-order valence-electron chi connectivity index (χ0n) is 15.1. The third-order valence-electron chi connectivity index (χ3n) is 4.37. The molecule has 0 aromatic heterocycles. The van der Waals surface area contributed by atoms with E-state index in [1.54, 1.807) is 0 Å². The molecule has 148 valence electrons. The van der Waals surface area contributed by atoms with Gasteiger partial charge in [0.05, 0.1) is 12.7 Å². The second-order valence-electron chi connectivity index (χ2n) is 6.57. The summed E-state index contributed by atoms with van der Waals surface area (Å²) in [5.41, 5.74) is 1.69. The zero-order valence-corrected chi connectivity index (χ0v) is 15.9. The molecule has 1 heterocycles. The van der Waals surface area contributed by atoms with E-state index >= 15 is 0 Å². The molecule has 1 saturated heterocycles. The van der Waals surface area contributed by atoms with Gasteiger partial charge in [0.25, 0.3) is 0 Å². The lowest BCUT2D eigenvalue weighted by atomic mass is 10.1. The molecule has 4 nitrogen and oxygen atoms in total. The molecule has 1 fully saturated rings. The number of halogens is 3. The Kier molecular flexibility index (Phi) is 7.98. The minimum absolute atomic E-state index is 0. The van der Waals surface area contributed by atoms with Crippen LogP contribution >= 0.6 is 12.4 Å². The molecule has 1 aliphatic rings. The highest BCUT2D eigenvalue weighted by atomic mass is 35.5. The van der Waals surface area contributed by atoms with E-state index < -0.39 is 17.7 Å². The summed E-state index contributed by atoms with van der Waals surface area (Å²) < 4.78 is 37.8. The van der Waals surface area contributed by atoms with Gasteiger partial charge in [-0.25, -0.2) is 8.78 Å². The number of benzene rings is 2. The molecule has 0 bridgehead atoms. The van der Waals surface area contributed by atoms with E-state index in [-0.39, 0.29) is 25.1 Å². The molecule has 0 amide bonds. The lowest BCUT2D eigenvalue weighted by molar-refractivity contribution is -0.0460. The number of rotatable bonds is 6. The molecule has 1 aliphatic heterocycles. The Balaban J connectivity index is 0.00000261. The summed E-state index contributed by atoms with van der Waals surface area (Å²) in [5.74, 6) is -1.02. The number of hydrogen-bond donors (Lipinski definition) is 1. The van der Waals surface area contributed by atoms with Gasteiger partial charge >= 0.3 is 0 Å². The lowest BCUT2D eigenvalue weighted by Gasteiger charge is -2.34. The van der Waals surface area contributed by atoms with Crippen molar-refractivity contribution in [3.8, 4) is 5.75 Å². The number of morpholine rings is 1. The summed E-state index contributed by atoms with van der Waals surface area (Å²) >= 11 is 0. The summed E-state index contributed by atoms with van der Waals surface area (Å²) in [6.45, 7) is 4.24. The van der Waals surface area contributed by atoms with Gasteiger partial charge in [-0.1, -0.05) is 18.2 Å². The van der Waals surface area contributed by atoms with Gasteiger partial charge in [0.1, 0.15) is 18.5 Å². The molecule has 2 aromatic carbocycles. The van der Waals surface area contributed by atoms with Gasteiger partial charge in [-0.05, 0) is 42.3 Å². The SMILES string of the molecule is Cc1cccc(OCC(O)CN2CCOC(c3ccc(F)c(F)c3)C2)c1.Cl. The van der Waals surface area contributed by atoms with Crippen molar-refractivity contribution >= 4 is 12.4 Å². The van der Waals surface area contributed by atoms with E-state index in [0.717, 1.165) is 17.4 Å². The first kappa shape index (κ1) is 21.6. The first-order valence-corrected chi connectivity index (χ1v) is 8.67. The summed E-state index contributed by atoms with van der Waals surface area (Å²) in [6.07, 6.45) is -0.997. The Morgan fingerprint density at radius 1 is 1.22 bits per heavy atom. The van der Waals surface area contributed by atoms with Crippen LogP contribution in [-0.4, -0.2) is 49.0 Å². The van der Waals surface area contributed by atoms with Crippen LogP contribution in [0.2, 0.25) is 0 Å². The molecule has 0 saturated carbocycles. The summed E-state index contributed by atoms with van der Waals surface area (Å²) in [5, 5.41) is 10.3. The van der Waals surface area contributed by atoms with Crippen molar-refractivity contribution in [2.45, 2.75) is 19.1 Å². The second kappa shape index (κ2) is 9.99. The normalized spacial score (nSPS) is 18.6. The largest absolute Gasteiger partial charge is 0.491 e. The third kappa shape index (κ3) is 6.14. The predicted molar refractivity (Wildman–Crippen MR) is 101 cm³/mol. The molecule has 0 radical (unpaired) electrons. The molecule has 0 aliphatic carbocycles. The number of aliphatic hydroxyl groups excluding tert-OH is 1. The molecule has 2 atom stereocenters. The monoisotopic (exact) mass is 399 g/mol. The van der Waals surface area contributed by atoms with Gasteiger partial charge in [0, 0.05) is 19.6 Å². The van der Waals surface area contributed by atoms with Crippen LogP contribution in [0.25, 0.3) is 0 Å². The van der Waals surface area contributed by atoms with Crippen molar-refractivity contribution in [3.63, 3.8) is 0 Å². The van der Waals surface area contributed by atoms with Crippen LogP contribution in [0.5, 0.6) is 5.75 Å². The highest BCUT2D eigenvalue weighted by Crippen LogP contribution is 2.24. The van der Waals surface area contributed by atoms with Crippen LogP contribution in [0.3, 0.4) is 0 Å². The van der Waals surface area contributed by atoms with Crippen molar-refractivity contribution in [1.82, 2.24) is 4.90 Å². The predicted octanol–water partition coefficient (Wildman–Crippen LogP) is 3.51. The summed E-state index contributed by atoms with van der Waals surface area (Å²) in [7, 11) is 0. The quantitative estimate of drug-likeness (QED) is 0.807. The van der Waals surface area contributed by atoms with E-state index in [1.165, 1.54) is 12.1 Å². The maximum atomic E-state index is 13.4. The van der Waals surface area contributed by atoms with E-state index in [4.69, 9.17) is 9.47 Å². The van der Waals surface area contributed by atoms with E-state index in [1.807, 2.05) is 36.1 Å². The van der Waals surface area contributed by atoms with E-state index in [0.29, 0.717) is 31.8 Å². The molecule has 2 unspecified atom stereocenters. The molecule has 1 N–H and O–H groups in total. The maximum absolute atomic E-state index is 13.4. The van der Waals surface area contributed by atoms with Crippen LogP contribution in [-0.2, 0) is 4.74 Å². The van der Waals surface area contributed by atoms with Crippen LogP contribution in [0.1, 0.15) is 17.2 Å². The Morgan fingerprint density at radius 2 is 2.04 bits per heavy atom. The number of β-amino-alcohol motifs (C(OH)–C–C–N with tert-alkyl or cyclic N) is 1. The number of ether oxygens (including phenoxy) is 2. The zero-order chi connectivity index (χ0) is 18.5. The summed E-state index contributed by atoms with van der Waals surface area (Å²) in [6, 6.07) is 11.5. The number of hydrogen-bond acceptors (Lipinski definition) is 4. The third-order valence-corrected chi connectivity index (χ3v) is 4.37. The highest BCUT2D eigenvalue weighted by molar-refractivity contribution is 5.85. The van der Waals surface area contributed by atoms with Crippen LogP contribution in [0.4, 0.5) is 8.78 Å². The van der Waals surface area contributed by atoms with Gasteiger partial charge < -0.3 is 14.6 Å². The minimum atomic E-state index is -0.880.